The minimum atomic E-state index is 0.0408. The van der Waals surface area contributed by atoms with Crippen LogP contribution in [-0.2, 0) is 16.1 Å². The number of rotatable bonds is 10. The van der Waals surface area contributed by atoms with Gasteiger partial charge in [-0.05, 0) is 19.4 Å². The van der Waals surface area contributed by atoms with E-state index in [1.807, 2.05) is 6.20 Å². The molecule has 0 radical (unpaired) electrons. The lowest BCUT2D eigenvalue weighted by molar-refractivity contribution is -0.116. The number of hydrogen-bond donors (Lipinski definition) is 2. The number of methoxy groups -OCH3 is 1. The molecule has 6 nitrogen and oxygen atoms in total. The van der Waals surface area contributed by atoms with Crippen molar-refractivity contribution in [2.45, 2.75) is 38.6 Å². The molecule has 6 heteroatoms. The van der Waals surface area contributed by atoms with Crippen LogP contribution in [0, 0.1) is 0 Å². The quantitative estimate of drug-likeness (QED) is 0.628. The number of unbranched alkanes of at least 4 members (excludes halogenated alkanes) is 3. The zero-order chi connectivity index (χ0) is 13.9. The van der Waals surface area contributed by atoms with E-state index in [9.17, 15) is 4.79 Å². The summed E-state index contributed by atoms with van der Waals surface area (Å²) in [7, 11) is 1.65. The molecule has 1 rings (SSSR count). The van der Waals surface area contributed by atoms with Crippen molar-refractivity contribution >= 4 is 11.6 Å². The monoisotopic (exact) mass is 268 g/mol. The summed E-state index contributed by atoms with van der Waals surface area (Å²) >= 11 is 0. The predicted octanol–water partition coefficient (Wildman–Crippen LogP) is 1.38. The van der Waals surface area contributed by atoms with Crippen LogP contribution in [0.1, 0.15) is 32.1 Å². The smallest absolute Gasteiger partial charge is 0.224 e. The van der Waals surface area contributed by atoms with E-state index < -0.39 is 0 Å². The van der Waals surface area contributed by atoms with Gasteiger partial charge in [0.05, 0.1) is 25.0 Å². The first kappa shape index (κ1) is 15.7. The molecule has 0 saturated carbocycles. The van der Waals surface area contributed by atoms with Crippen molar-refractivity contribution in [1.29, 1.82) is 0 Å². The molecule has 1 heterocycles. The molecule has 0 atom stereocenters. The van der Waals surface area contributed by atoms with Gasteiger partial charge in [-0.2, -0.15) is 5.10 Å². The third kappa shape index (κ3) is 6.93. The second-order valence-corrected chi connectivity index (χ2v) is 4.49. The highest BCUT2D eigenvalue weighted by molar-refractivity contribution is 5.90. The molecule has 0 unspecified atom stereocenters. The van der Waals surface area contributed by atoms with E-state index in [-0.39, 0.29) is 5.91 Å². The van der Waals surface area contributed by atoms with Crippen LogP contribution in [0.15, 0.2) is 12.4 Å². The van der Waals surface area contributed by atoms with Gasteiger partial charge < -0.3 is 15.8 Å². The number of nitrogens with one attached hydrogen (secondary N) is 1. The third-order valence-corrected chi connectivity index (χ3v) is 2.80. The number of aromatic nitrogens is 2. The molecule has 1 amide bonds. The summed E-state index contributed by atoms with van der Waals surface area (Å²) in [6, 6.07) is 0. The van der Waals surface area contributed by atoms with Gasteiger partial charge in [0.2, 0.25) is 5.91 Å². The second-order valence-electron chi connectivity index (χ2n) is 4.49. The van der Waals surface area contributed by atoms with E-state index in [0.717, 1.165) is 37.9 Å². The van der Waals surface area contributed by atoms with E-state index >= 15 is 0 Å². The Morgan fingerprint density at radius 3 is 2.95 bits per heavy atom. The second kappa shape index (κ2) is 9.52. The lowest BCUT2D eigenvalue weighted by Gasteiger charge is -2.02. The molecule has 19 heavy (non-hydrogen) atoms. The molecule has 0 spiro atoms. The summed E-state index contributed by atoms with van der Waals surface area (Å²) in [5, 5.41) is 6.98. The van der Waals surface area contributed by atoms with Gasteiger partial charge >= 0.3 is 0 Å². The summed E-state index contributed by atoms with van der Waals surface area (Å²) in [6.07, 6.45) is 8.11. The van der Waals surface area contributed by atoms with Crippen molar-refractivity contribution < 1.29 is 9.53 Å². The van der Waals surface area contributed by atoms with E-state index in [1.54, 1.807) is 18.0 Å². The van der Waals surface area contributed by atoms with Gasteiger partial charge in [-0.1, -0.05) is 12.8 Å². The van der Waals surface area contributed by atoms with Crippen LogP contribution in [0.5, 0.6) is 0 Å². The maximum atomic E-state index is 11.7. The highest BCUT2D eigenvalue weighted by Gasteiger charge is 2.04. The number of carbonyl (C=O) groups is 1. The van der Waals surface area contributed by atoms with Crippen LogP contribution < -0.4 is 11.1 Å². The highest BCUT2D eigenvalue weighted by Crippen LogP contribution is 2.08. The Bertz CT molecular complexity index is 365. The largest absolute Gasteiger partial charge is 0.383 e. The number of carbonyl (C=O) groups excluding carboxylic acids is 1. The summed E-state index contributed by atoms with van der Waals surface area (Å²) in [5.41, 5.74) is 6.15. The van der Waals surface area contributed by atoms with Crippen LogP contribution in [-0.4, -0.2) is 35.9 Å². The van der Waals surface area contributed by atoms with Crippen molar-refractivity contribution in [2.24, 2.45) is 5.73 Å². The summed E-state index contributed by atoms with van der Waals surface area (Å²) < 4.78 is 6.71. The first-order chi connectivity index (χ1) is 9.26. The molecule has 0 saturated heterocycles. The van der Waals surface area contributed by atoms with Gasteiger partial charge in [-0.15, -0.1) is 0 Å². The Kier molecular flexibility index (Phi) is 7.84. The van der Waals surface area contributed by atoms with Gasteiger partial charge in [0.25, 0.3) is 0 Å². The number of anilines is 1. The van der Waals surface area contributed by atoms with Crippen molar-refractivity contribution in [3.63, 3.8) is 0 Å². The fraction of sp³-hybridized carbons (Fsp3) is 0.692. The van der Waals surface area contributed by atoms with E-state index in [0.29, 0.717) is 19.6 Å². The van der Waals surface area contributed by atoms with Crippen molar-refractivity contribution in [3.05, 3.63) is 12.4 Å². The maximum absolute atomic E-state index is 11.7. The van der Waals surface area contributed by atoms with E-state index in [4.69, 9.17) is 10.5 Å². The number of hydrogen-bond acceptors (Lipinski definition) is 4. The molecule has 0 aliphatic heterocycles. The van der Waals surface area contributed by atoms with Crippen LogP contribution >= 0.6 is 0 Å². The van der Waals surface area contributed by atoms with E-state index in [2.05, 4.69) is 10.4 Å². The van der Waals surface area contributed by atoms with Crippen LogP contribution in [0.3, 0.4) is 0 Å². The van der Waals surface area contributed by atoms with Gasteiger partial charge in [-0.3, -0.25) is 9.48 Å². The topological polar surface area (TPSA) is 82.2 Å². The molecule has 0 aromatic carbocycles. The molecule has 0 aliphatic carbocycles. The Morgan fingerprint density at radius 2 is 2.21 bits per heavy atom. The Morgan fingerprint density at radius 1 is 1.42 bits per heavy atom. The normalized spacial score (nSPS) is 10.6. The summed E-state index contributed by atoms with van der Waals surface area (Å²) in [4.78, 5) is 11.7. The SMILES string of the molecule is COCCn1cc(NC(=O)CCCCCCN)cn1. The third-order valence-electron chi connectivity index (χ3n) is 2.80. The maximum Gasteiger partial charge on any atom is 0.224 e. The van der Waals surface area contributed by atoms with Crippen LogP contribution in [0.25, 0.3) is 0 Å². The highest BCUT2D eigenvalue weighted by atomic mass is 16.5. The zero-order valence-electron chi connectivity index (χ0n) is 11.6. The Hall–Kier alpha value is -1.40. The fourth-order valence-corrected chi connectivity index (χ4v) is 1.74. The van der Waals surface area contributed by atoms with Gasteiger partial charge in [0.15, 0.2) is 0 Å². The molecule has 1 aromatic heterocycles. The number of nitrogens with zero attached hydrogens (tertiary/aromatic N) is 2. The number of nitrogens with two attached hydrogens (primary N) is 1. The summed E-state index contributed by atoms with van der Waals surface area (Å²) in [5.74, 6) is 0.0408. The van der Waals surface area contributed by atoms with Crippen molar-refractivity contribution in [2.75, 3.05) is 25.6 Å². The predicted molar refractivity (Wildman–Crippen MR) is 74.9 cm³/mol. The van der Waals surface area contributed by atoms with Crippen LogP contribution in [0.2, 0.25) is 0 Å². The minimum Gasteiger partial charge on any atom is -0.383 e. The molecular weight excluding hydrogens is 244 g/mol. The fourth-order valence-electron chi connectivity index (χ4n) is 1.74. The van der Waals surface area contributed by atoms with Gasteiger partial charge in [-0.25, -0.2) is 0 Å². The average Bonchev–Trinajstić information content (AvgIpc) is 2.83. The molecule has 3 N–H and O–H groups in total. The van der Waals surface area contributed by atoms with Crippen molar-refractivity contribution in [1.82, 2.24) is 9.78 Å². The lowest BCUT2D eigenvalue weighted by atomic mass is 10.1. The summed E-state index contributed by atoms with van der Waals surface area (Å²) in [6.45, 7) is 2.02. The molecule has 0 fully saturated rings. The first-order valence-electron chi connectivity index (χ1n) is 6.77. The average molecular weight is 268 g/mol. The van der Waals surface area contributed by atoms with Crippen LogP contribution in [0.4, 0.5) is 5.69 Å². The first-order valence-corrected chi connectivity index (χ1v) is 6.77. The zero-order valence-corrected chi connectivity index (χ0v) is 11.6. The molecule has 0 aliphatic rings. The standard InChI is InChI=1S/C13H24N4O2/c1-19-9-8-17-11-12(10-15-17)16-13(18)6-4-2-3-5-7-14/h10-11H,2-9,14H2,1H3,(H,16,18). The molecule has 108 valence electrons. The lowest BCUT2D eigenvalue weighted by Crippen LogP contribution is -2.10. The number of amides is 1. The molecular formula is C13H24N4O2. The Balaban J connectivity index is 2.18. The minimum absolute atomic E-state index is 0.0408. The molecule has 0 bridgehead atoms. The molecule has 1 aromatic rings. The van der Waals surface area contributed by atoms with E-state index in [1.165, 1.54) is 0 Å². The Labute approximate surface area is 114 Å². The van der Waals surface area contributed by atoms with Gasteiger partial charge in [0, 0.05) is 19.7 Å². The number of ether oxygens (including phenoxy) is 1. The van der Waals surface area contributed by atoms with Gasteiger partial charge in [0.1, 0.15) is 0 Å². The van der Waals surface area contributed by atoms with Crippen molar-refractivity contribution in [3.8, 4) is 0 Å².